The first kappa shape index (κ1) is 20.4. The van der Waals surface area contributed by atoms with Gasteiger partial charge in [0, 0.05) is 12.6 Å². The van der Waals surface area contributed by atoms with Crippen molar-refractivity contribution in [3.05, 3.63) is 59.5 Å². The summed E-state index contributed by atoms with van der Waals surface area (Å²) in [5.74, 6) is 2.10. The van der Waals surface area contributed by atoms with Gasteiger partial charge in [-0.15, -0.1) is 0 Å². The summed E-state index contributed by atoms with van der Waals surface area (Å²) >= 11 is 0. The van der Waals surface area contributed by atoms with Gasteiger partial charge in [-0.2, -0.15) is 4.98 Å². The molecule has 1 aromatic heterocycles. The van der Waals surface area contributed by atoms with Gasteiger partial charge in [0.1, 0.15) is 11.5 Å². The summed E-state index contributed by atoms with van der Waals surface area (Å²) in [6, 6.07) is 13.3. The molecule has 0 bridgehead atoms. The predicted molar refractivity (Wildman–Crippen MR) is 109 cm³/mol. The standard InChI is InChI=1S/C22H25N3O4/c1-14-6-7-15(2)19(12-14)28-16(3)22(26)25(4)13-20-23-21(24-29-20)17-8-10-18(27-5)11-9-17/h6-12,16H,13H2,1-5H3/t16-/m1/s1. The fourth-order valence-corrected chi connectivity index (χ4v) is 2.84. The van der Waals surface area contributed by atoms with Gasteiger partial charge in [0.05, 0.1) is 13.7 Å². The van der Waals surface area contributed by atoms with Gasteiger partial charge >= 0.3 is 0 Å². The smallest absolute Gasteiger partial charge is 0.263 e. The molecule has 1 heterocycles. The Morgan fingerprint density at radius 1 is 1.17 bits per heavy atom. The molecule has 152 valence electrons. The molecule has 0 unspecified atom stereocenters. The molecule has 7 heteroatoms. The molecule has 0 spiro atoms. The number of amides is 1. The second kappa shape index (κ2) is 8.77. The molecule has 2 aromatic carbocycles. The van der Waals surface area contributed by atoms with Gasteiger partial charge in [0.15, 0.2) is 6.10 Å². The molecule has 0 aliphatic heterocycles. The lowest BCUT2D eigenvalue weighted by Crippen LogP contribution is -2.37. The first-order valence-corrected chi connectivity index (χ1v) is 9.33. The van der Waals surface area contributed by atoms with Crippen molar-refractivity contribution < 1.29 is 18.8 Å². The Morgan fingerprint density at radius 3 is 2.59 bits per heavy atom. The van der Waals surface area contributed by atoms with Crippen LogP contribution >= 0.6 is 0 Å². The van der Waals surface area contributed by atoms with E-state index in [-0.39, 0.29) is 12.5 Å². The monoisotopic (exact) mass is 395 g/mol. The molecule has 0 fully saturated rings. The van der Waals surface area contributed by atoms with Crippen molar-refractivity contribution in [2.75, 3.05) is 14.2 Å². The summed E-state index contributed by atoms with van der Waals surface area (Å²) in [5, 5.41) is 3.99. The fraction of sp³-hybridized carbons (Fsp3) is 0.318. The van der Waals surface area contributed by atoms with Crippen LogP contribution in [-0.2, 0) is 11.3 Å². The van der Waals surface area contributed by atoms with E-state index < -0.39 is 6.10 Å². The molecule has 0 N–H and O–H groups in total. The lowest BCUT2D eigenvalue weighted by Gasteiger charge is -2.21. The maximum Gasteiger partial charge on any atom is 0.263 e. The SMILES string of the molecule is COc1ccc(-c2noc(CN(C)C(=O)[C@@H](C)Oc3cc(C)ccc3C)n2)cc1. The van der Waals surface area contributed by atoms with Crippen molar-refractivity contribution in [2.24, 2.45) is 0 Å². The van der Waals surface area contributed by atoms with E-state index in [4.69, 9.17) is 14.0 Å². The highest BCUT2D eigenvalue weighted by Crippen LogP contribution is 2.22. The van der Waals surface area contributed by atoms with E-state index in [0.29, 0.717) is 17.5 Å². The quantitative estimate of drug-likeness (QED) is 0.606. The Bertz CT molecular complexity index is 982. The van der Waals surface area contributed by atoms with Gasteiger partial charge in [-0.05, 0) is 62.2 Å². The molecule has 0 radical (unpaired) electrons. The van der Waals surface area contributed by atoms with E-state index >= 15 is 0 Å². The molecule has 0 aliphatic carbocycles. The third-order valence-electron chi connectivity index (χ3n) is 4.56. The van der Waals surface area contributed by atoms with Crippen LogP contribution in [0.15, 0.2) is 47.0 Å². The van der Waals surface area contributed by atoms with Gasteiger partial charge in [-0.3, -0.25) is 4.79 Å². The number of likely N-dealkylation sites (N-methyl/N-ethyl adjacent to an activating group) is 1. The fourth-order valence-electron chi connectivity index (χ4n) is 2.84. The number of benzene rings is 2. The number of aromatic nitrogens is 2. The molecular weight excluding hydrogens is 370 g/mol. The molecular formula is C22H25N3O4. The number of nitrogens with zero attached hydrogens (tertiary/aromatic N) is 3. The van der Waals surface area contributed by atoms with E-state index in [1.54, 1.807) is 21.1 Å². The number of carbonyl (C=O) groups is 1. The Balaban J connectivity index is 1.63. The summed E-state index contributed by atoms with van der Waals surface area (Å²) in [4.78, 5) is 18.6. The van der Waals surface area contributed by atoms with Crippen molar-refractivity contribution in [3.63, 3.8) is 0 Å². The number of methoxy groups -OCH3 is 1. The van der Waals surface area contributed by atoms with Crippen molar-refractivity contribution in [3.8, 4) is 22.9 Å². The minimum Gasteiger partial charge on any atom is -0.497 e. The summed E-state index contributed by atoms with van der Waals surface area (Å²) in [6.45, 7) is 5.87. The minimum atomic E-state index is -0.635. The third kappa shape index (κ3) is 4.93. The lowest BCUT2D eigenvalue weighted by atomic mass is 10.1. The third-order valence-corrected chi connectivity index (χ3v) is 4.56. The van der Waals surface area contributed by atoms with Crippen molar-refractivity contribution >= 4 is 5.91 Å². The highest BCUT2D eigenvalue weighted by Gasteiger charge is 2.22. The van der Waals surface area contributed by atoms with Crippen LogP contribution in [0.4, 0.5) is 0 Å². The lowest BCUT2D eigenvalue weighted by molar-refractivity contribution is -0.137. The van der Waals surface area contributed by atoms with Crippen LogP contribution in [0.2, 0.25) is 0 Å². The Labute approximate surface area is 170 Å². The second-order valence-corrected chi connectivity index (χ2v) is 6.96. The van der Waals surface area contributed by atoms with E-state index in [1.807, 2.05) is 56.3 Å². The topological polar surface area (TPSA) is 77.7 Å². The largest absolute Gasteiger partial charge is 0.497 e. The normalized spacial score (nSPS) is 11.8. The molecule has 3 aromatic rings. The van der Waals surface area contributed by atoms with Crippen molar-refractivity contribution in [2.45, 2.75) is 33.4 Å². The highest BCUT2D eigenvalue weighted by molar-refractivity contribution is 5.80. The summed E-state index contributed by atoms with van der Waals surface area (Å²) in [7, 11) is 3.29. The Morgan fingerprint density at radius 2 is 1.90 bits per heavy atom. The average molecular weight is 395 g/mol. The van der Waals surface area contributed by atoms with Crippen LogP contribution < -0.4 is 9.47 Å². The van der Waals surface area contributed by atoms with Gasteiger partial charge in [-0.1, -0.05) is 17.3 Å². The van der Waals surface area contributed by atoms with Crippen LogP contribution in [0, 0.1) is 13.8 Å². The van der Waals surface area contributed by atoms with Crippen LogP contribution in [0.1, 0.15) is 23.9 Å². The van der Waals surface area contributed by atoms with E-state index in [2.05, 4.69) is 10.1 Å². The first-order chi connectivity index (χ1) is 13.9. The van der Waals surface area contributed by atoms with Gasteiger partial charge < -0.3 is 18.9 Å². The van der Waals surface area contributed by atoms with Gasteiger partial charge in [0.2, 0.25) is 11.7 Å². The molecule has 7 nitrogen and oxygen atoms in total. The zero-order valence-corrected chi connectivity index (χ0v) is 17.3. The maximum absolute atomic E-state index is 12.7. The number of rotatable bonds is 7. The predicted octanol–water partition coefficient (Wildman–Crippen LogP) is 3.79. The average Bonchev–Trinajstić information content (AvgIpc) is 3.18. The zero-order valence-electron chi connectivity index (χ0n) is 17.3. The zero-order chi connectivity index (χ0) is 21.0. The molecule has 1 atom stereocenters. The number of aryl methyl sites for hydroxylation is 2. The second-order valence-electron chi connectivity index (χ2n) is 6.96. The van der Waals surface area contributed by atoms with E-state index in [0.717, 1.165) is 22.4 Å². The van der Waals surface area contributed by atoms with Gasteiger partial charge in [0.25, 0.3) is 5.91 Å². The minimum absolute atomic E-state index is 0.171. The molecule has 29 heavy (non-hydrogen) atoms. The summed E-state index contributed by atoms with van der Waals surface area (Å²) < 4.78 is 16.3. The highest BCUT2D eigenvalue weighted by atomic mass is 16.5. The van der Waals surface area contributed by atoms with E-state index in [9.17, 15) is 4.79 Å². The van der Waals surface area contributed by atoms with Crippen LogP contribution in [0.25, 0.3) is 11.4 Å². The molecule has 0 saturated heterocycles. The molecule has 0 saturated carbocycles. The maximum atomic E-state index is 12.7. The molecule has 0 aliphatic rings. The summed E-state index contributed by atoms with van der Waals surface area (Å²) in [5.41, 5.74) is 2.87. The van der Waals surface area contributed by atoms with Crippen LogP contribution in [-0.4, -0.2) is 41.2 Å². The molecule has 1 amide bonds. The van der Waals surface area contributed by atoms with Crippen LogP contribution in [0.5, 0.6) is 11.5 Å². The van der Waals surface area contributed by atoms with E-state index in [1.165, 1.54) is 4.90 Å². The summed E-state index contributed by atoms with van der Waals surface area (Å²) in [6.07, 6.45) is -0.635. The number of carbonyl (C=O) groups excluding carboxylic acids is 1. The van der Waals surface area contributed by atoms with Crippen LogP contribution in [0.3, 0.4) is 0 Å². The van der Waals surface area contributed by atoms with Crippen molar-refractivity contribution in [1.29, 1.82) is 0 Å². The Kier molecular flexibility index (Phi) is 6.16. The number of hydrogen-bond donors (Lipinski definition) is 0. The van der Waals surface area contributed by atoms with Crippen molar-refractivity contribution in [1.82, 2.24) is 15.0 Å². The number of ether oxygens (including phenoxy) is 2. The molecule has 3 rings (SSSR count). The first-order valence-electron chi connectivity index (χ1n) is 9.33. The van der Waals surface area contributed by atoms with Gasteiger partial charge in [-0.25, -0.2) is 0 Å². The number of hydrogen-bond acceptors (Lipinski definition) is 6. The Hall–Kier alpha value is -3.35.